The van der Waals surface area contributed by atoms with Crippen LogP contribution in [-0.4, -0.2) is 58.3 Å². The number of anilines is 2. The number of pyridine rings is 1. The third-order valence-electron chi connectivity index (χ3n) is 4.97. The molecule has 1 saturated heterocycles. The van der Waals surface area contributed by atoms with Crippen LogP contribution >= 0.6 is 22.9 Å². The van der Waals surface area contributed by atoms with Crippen LogP contribution in [0.4, 0.5) is 15.7 Å². The van der Waals surface area contributed by atoms with Crippen molar-refractivity contribution in [2.24, 2.45) is 0 Å². The minimum atomic E-state index is -0.145. The van der Waals surface area contributed by atoms with E-state index in [2.05, 4.69) is 20.2 Å². The van der Waals surface area contributed by atoms with Crippen molar-refractivity contribution in [2.45, 2.75) is 19.4 Å². The van der Waals surface area contributed by atoms with Gasteiger partial charge in [-0.15, -0.1) is 0 Å². The molecular weight excluding hydrogens is 410 g/mol. The molecule has 3 heterocycles. The summed E-state index contributed by atoms with van der Waals surface area (Å²) in [5, 5.41) is 13.2. The monoisotopic (exact) mass is 431 g/mol. The number of nitrogens with zero attached hydrogens (tertiary/aromatic N) is 4. The number of rotatable bonds is 4. The number of urea groups is 1. The second-order valence-electron chi connectivity index (χ2n) is 7.03. The van der Waals surface area contributed by atoms with Crippen LogP contribution in [-0.2, 0) is 6.42 Å². The lowest BCUT2D eigenvalue weighted by Gasteiger charge is -2.40. The first kappa shape index (κ1) is 19.9. The Morgan fingerprint density at radius 2 is 2.21 bits per heavy atom. The molecule has 0 bridgehead atoms. The van der Waals surface area contributed by atoms with Gasteiger partial charge in [0.05, 0.1) is 15.2 Å². The second-order valence-corrected chi connectivity index (χ2v) is 8.47. The molecule has 1 fully saturated rings. The van der Waals surface area contributed by atoms with Crippen LogP contribution < -0.4 is 10.2 Å². The number of piperazine rings is 1. The molecule has 2 amide bonds. The highest BCUT2D eigenvalue weighted by atomic mass is 35.5. The number of halogens is 1. The first-order valence-corrected chi connectivity index (χ1v) is 10.7. The van der Waals surface area contributed by atoms with Crippen LogP contribution in [0.5, 0.6) is 0 Å². The molecule has 4 rings (SSSR count). The van der Waals surface area contributed by atoms with Crippen molar-refractivity contribution in [3.63, 3.8) is 0 Å². The second kappa shape index (κ2) is 8.52. The Bertz CT molecular complexity index is 994. The van der Waals surface area contributed by atoms with E-state index < -0.39 is 0 Å². The quantitative estimate of drug-likeness (QED) is 0.659. The van der Waals surface area contributed by atoms with E-state index in [9.17, 15) is 4.79 Å². The Morgan fingerprint density at radius 3 is 2.93 bits per heavy atom. The number of fused-ring (bicyclic) bond motifs is 1. The molecule has 3 aromatic rings. The van der Waals surface area contributed by atoms with Crippen molar-refractivity contribution < 1.29 is 9.90 Å². The fourth-order valence-electron chi connectivity index (χ4n) is 3.51. The maximum atomic E-state index is 12.8. The lowest BCUT2D eigenvalue weighted by atomic mass is 10.2. The van der Waals surface area contributed by atoms with E-state index in [1.54, 1.807) is 6.20 Å². The molecule has 0 aliphatic carbocycles. The number of hydrogen-bond acceptors (Lipinski definition) is 6. The Balaban J connectivity index is 1.41. The lowest BCUT2D eigenvalue weighted by molar-refractivity contribution is 0.184. The number of hydrogen-bond donors (Lipinski definition) is 2. The summed E-state index contributed by atoms with van der Waals surface area (Å²) in [7, 11) is 0. The van der Waals surface area contributed by atoms with Gasteiger partial charge in [0, 0.05) is 38.5 Å². The largest absolute Gasteiger partial charge is 0.396 e. The van der Waals surface area contributed by atoms with Crippen molar-refractivity contribution in [3.05, 3.63) is 47.1 Å². The average molecular weight is 432 g/mol. The highest BCUT2D eigenvalue weighted by Gasteiger charge is 2.29. The SMILES string of the molecule is C[C@@H]1CN(c2ncc(CCO)cc2Cl)CCN1C(=O)Nc1nc2ccccc2s1. The zero-order valence-corrected chi connectivity index (χ0v) is 17.6. The molecule has 2 aromatic heterocycles. The van der Waals surface area contributed by atoms with Crippen molar-refractivity contribution in [2.75, 3.05) is 36.5 Å². The molecule has 0 unspecified atom stereocenters. The van der Waals surface area contributed by atoms with Gasteiger partial charge in [-0.05, 0) is 37.1 Å². The Morgan fingerprint density at radius 1 is 1.38 bits per heavy atom. The fourth-order valence-corrected chi connectivity index (χ4v) is 4.67. The molecule has 1 aliphatic rings. The van der Waals surface area contributed by atoms with E-state index in [1.807, 2.05) is 42.2 Å². The smallest absolute Gasteiger partial charge is 0.324 e. The number of aromatic nitrogens is 2. The topological polar surface area (TPSA) is 81.6 Å². The van der Waals surface area contributed by atoms with Gasteiger partial charge in [-0.2, -0.15) is 0 Å². The van der Waals surface area contributed by atoms with E-state index in [4.69, 9.17) is 16.7 Å². The number of para-hydroxylation sites is 1. The minimum Gasteiger partial charge on any atom is -0.396 e. The van der Waals surface area contributed by atoms with E-state index >= 15 is 0 Å². The van der Waals surface area contributed by atoms with Crippen molar-refractivity contribution in [3.8, 4) is 0 Å². The van der Waals surface area contributed by atoms with Gasteiger partial charge in [0.15, 0.2) is 5.13 Å². The number of amides is 2. The number of thiazole rings is 1. The zero-order valence-electron chi connectivity index (χ0n) is 16.0. The third-order valence-corrected chi connectivity index (χ3v) is 6.20. The number of aliphatic hydroxyl groups excluding tert-OH is 1. The van der Waals surface area contributed by atoms with E-state index in [0.29, 0.717) is 42.0 Å². The van der Waals surface area contributed by atoms with E-state index in [-0.39, 0.29) is 18.7 Å². The summed E-state index contributed by atoms with van der Waals surface area (Å²) in [6, 6.07) is 9.52. The van der Waals surface area contributed by atoms with Crippen LogP contribution in [0.3, 0.4) is 0 Å². The van der Waals surface area contributed by atoms with E-state index in [1.165, 1.54) is 11.3 Å². The standard InChI is InChI=1S/C20H22ClN5O2S/c1-13-12-25(18-15(21)10-14(6-9-27)11-22-18)7-8-26(13)20(28)24-19-23-16-4-2-3-5-17(16)29-19/h2-5,10-11,13,27H,6-9,12H2,1H3,(H,23,24,28)/t13-/m1/s1. The van der Waals surface area contributed by atoms with Crippen molar-refractivity contribution >= 4 is 50.1 Å². The summed E-state index contributed by atoms with van der Waals surface area (Å²) in [5.41, 5.74) is 1.79. The predicted molar refractivity (Wildman–Crippen MR) is 117 cm³/mol. The molecule has 0 radical (unpaired) electrons. The average Bonchev–Trinajstić information content (AvgIpc) is 3.10. The van der Waals surface area contributed by atoms with Crippen LogP contribution in [0.2, 0.25) is 5.02 Å². The van der Waals surface area contributed by atoms with Gasteiger partial charge in [0.1, 0.15) is 5.82 Å². The number of aliphatic hydroxyl groups is 1. The lowest BCUT2D eigenvalue weighted by Crippen LogP contribution is -2.55. The Kier molecular flexibility index (Phi) is 5.84. The summed E-state index contributed by atoms with van der Waals surface area (Å²) in [4.78, 5) is 25.6. The molecule has 1 aromatic carbocycles. The summed E-state index contributed by atoms with van der Waals surface area (Å²) in [5.74, 6) is 0.714. The van der Waals surface area contributed by atoms with Crippen LogP contribution in [0.25, 0.3) is 10.2 Å². The highest BCUT2D eigenvalue weighted by molar-refractivity contribution is 7.22. The summed E-state index contributed by atoms with van der Waals surface area (Å²) in [6.45, 7) is 3.92. The van der Waals surface area contributed by atoms with Gasteiger partial charge in [0.25, 0.3) is 0 Å². The fraction of sp³-hybridized carbons (Fsp3) is 0.350. The maximum absolute atomic E-state index is 12.8. The molecule has 7 nitrogen and oxygen atoms in total. The summed E-state index contributed by atoms with van der Waals surface area (Å²) < 4.78 is 1.05. The van der Waals surface area contributed by atoms with Gasteiger partial charge in [0.2, 0.25) is 0 Å². The van der Waals surface area contributed by atoms with Gasteiger partial charge < -0.3 is 14.9 Å². The number of benzene rings is 1. The number of carbonyl (C=O) groups excluding carboxylic acids is 1. The van der Waals surface area contributed by atoms with Gasteiger partial charge >= 0.3 is 6.03 Å². The van der Waals surface area contributed by atoms with Crippen molar-refractivity contribution in [1.29, 1.82) is 0 Å². The Labute approximate surface area is 177 Å². The van der Waals surface area contributed by atoms with Crippen molar-refractivity contribution in [1.82, 2.24) is 14.9 Å². The maximum Gasteiger partial charge on any atom is 0.324 e. The molecule has 0 spiro atoms. The van der Waals surface area contributed by atoms with Gasteiger partial charge in [-0.25, -0.2) is 14.8 Å². The predicted octanol–water partition coefficient (Wildman–Crippen LogP) is 3.62. The molecule has 152 valence electrons. The first-order chi connectivity index (χ1) is 14.0. The number of nitrogens with one attached hydrogen (secondary N) is 1. The summed E-state index contributed by atoms with van der Waals surface area (Å²) in [6.07, 6.45) is 2.28. The molecule has 29 heavy (non-hydrogen) atoms. The first-order valence-electron chi connectivity index (χ1n) is 9.48. The third kappa shape index (κ3) is 4.29. The molecular formula is C20H22ClN5O2S. The van der Waals surface area contributed by atoms with Gasteiger partial charge in [-0.1, -0.05) is 35.1 Å². The molecule has 0 saturated carbocycles. The van der Waals surface area contributed by atoms with E-state index in [0.717, 1.165) is 15.8 Å². The minimum absolute atomic E-state index is 0.00638. The van der Waals surface area contributed by atoms with Crippen LogP contribution in [0, 0.1) is 0 Å². The normalized spacial score (nSPS) is 17.0. The molecule has 1 aliphatic heterocycles. The molecule has 9 heteroatoms. The number of carbonyl (C=O) groups is 1. The Hall–Kier alpha value is -2.42. The van der Waals surface area contributed by atoms with Crippen LogP contribution in [0.1, 0.15) is 12.5 Å². The molecule has 1 atom stereocenters. The van der Waals surface area contributed by atoms with Gasteiger partial charge in [-0.3, -0.25) is 5.32 Å². The highest BCUT2D eigenvalue weighted by Crippen LogP contribution is 2.28. The van der Waals surface area contributed by atoms with Crippen LogP contribution in [0.15, 0.2) is 36.5 Å². The molecule has 2 N–H and O–H groups in total. The zero-order chi connectivity index (χ0) is 20.4. The summed E-state index contributed by atoms with van der Waals surface area (Å²) >= 11 is 7.88.